The van der Waals surface area contributed by atoms with Gasteiger partial charge in [-0.2, -0.15) is 5.26 Å². The van der Waals surface area contributed by atoms with Crippen LogP contribution in [0.4, 0.5) is 0 Å². The summed E-state index contributed by atoms with van der Waals surface area (Å²) in [6, 6.07) is 2.69. The third-order valence-electron chi connectivity index (χ3n) is 3.20. The topological polar surface area (TPSA) is 54.3 Å². The normalized spacial score (nSPS) is 20.6. The number of ether oxygens (including phenoxy) is 2. The minimum Gasteiger partial charge on any atom is -0.381 e. The first kappa shape index (κ1) is 15.4. The molecule has 0 aliphatic carbocycles. The van der Waals surface area contributed by atoms with E-state index >= 15 is 0 Å². The molecule has 0 amide bonds. The van der Waals surface area contributed by atoms with E-state index in [1.54, 1.807) is 0 Å². The van der Waals surface area contributed by atoms with Gasteiger partial charge in [0.15, 0.2) is 0 Å². The summed E-state index contributed by atoms with van der Waals surface area (Å²) in [5, 5.41) is 12.5. The van der Waals surface area contributed by atoms with Gasteiger partial charge in [-0.05, 0) is 46.5 Å². The SMILES string of the molecule is CC(C)NC(C)(C#N)CCCOC1CCOCC1. The number of rotatable bonds is 7. The molecular weight excluding hydrogens is 228 g/mol. The summed E-state index contributed by atoms with van der Waals surface area (Å²) in [4.78, 5) is 0. The van der Waals surface area contributed by atoms with Crippen molar-refractivity contribution in [1.82, 2.24) is 5.32 Å². The summed E-state index contributed by atoms with van der Waals surface area (Å²) in [6.45, 7) is 8.45. The Morgan fingerprint density at radius 1 is 1.44 bits per heavy atom. The van der Waals surface area contributed by atoms with E-state index in [2.05, 4.69) is 25.2 Å². The second kappa shape index (κ2) is 7.73. The Balaban J connectivity index is 2.17. The van der Waals surface area contributed by atoms with E-state index in [1.807, 2.05) is 6.92 Å². The molecule has 1 saturated heterocycles. The van der Waals surface area contributed by atoms with Crippen LogP contribution in [0.5, 0.6) is 0 Å². The van der Waals surface area contributed by atoms with Crippen molar-refractivity contribution in [2.45, 2.75) is 64.1 Å². The third-order valence-corrected chi connectivity index (χ3v) is 3.20. The molecule has 0 bridgehead atoms. The van der Waals surface area contributed by atoms with Crippen molar-refractivity contribution in [3.63, 3.8) is 0 Å². The molecule has 0 aromatic heterocycles. The summed E-state index contributed by atoms with van der Waals surface area (Å²) >= 11 is 0. The van der Waals surface area contributed by atoms with Crippen LogP contribution in [-0.4, -0.2) is 37.5 Å². The van der Waals surface area contributed by atoms with Crippen LogP contribution >= 0.6 is 0 Å². The molecule has 1 unspecified atom stereocenters. The standard InChI is InChI=1S/C14H26N2O2/c1-12(2)16-14(3,11-15)7-4-8-18-13-5-9-17-10-6-13/h12-13,16H,4-10H2,1-3H3. The Morgan fingerprint density at radius 2 is 2.11 bits per heavy atom. The lowest BCUT2D eigenvalue weighted by molar-refractivity contribution is -0.0334. The number of nitrogens with zero attached hydrogens (tertiary/aromatic N) is 1. The van der Waals surface area contributed by atoms with E-state index in [9.17, 15) is 5.26 Å². The molecular formula is C14H26N2O2. The highest BCUT2D eigenvalue weighted by molar-refractivity contribution is 5.04. The zero-order valence-corrected chi connectivity index (χ0v) is 11.9. The minimum atomic E-state index is -0.437. The first-order chi connectivity index (χ1) is 8.56. The van der Waals surface area contributed by atoms with E-state index in [0.29, 0.717) is 12.1 Å². The van der Waals surface area contributed by atoms with Crippen molar-refractivity contribution in [2.24, 2.45) is 0 Å². The number of nitrogens with one attached hydrogen (secondary N) is 1. The fraction of sp³-hybridized carbons (Fsp3) is 0.929. The van der Waals surface area contributed by atoms with Crippen LogP contribution in [0.15, 0.2) is 0 Å². The van der Waals surface area contributed by atoms with Crippen molar-refractivity contribution < 1.29 is 9.47 Å². The van der Waals surface area contributed by atoms with Crippen LogP contribution in [0.1, 0.15) is 46.5 Å². The van der Waals surface area contributed by atoms with Gasteiger partial charge in [0.05, 0.1) is 12.2 Å². The van der Waals surface area contributed by atoms with Gasteiger partial charge in [0.2, 0.25) is 0 Å². The third kappa shape index (κ3) is 5.81. The molecule has 18 heavy (non-hydrogen) atoms. The lowest BCUT2D eigenvalue weighted by atomic mass is 9.97. The summed E-state index contributed by atoms with van der Waals surface area (Å²) in [5.74, 6) is 0. The number of hydrogen-bond acceptors (Lipinski definition) is 4. The summed E-state index contributed by atoms with van der Waals surface area (Å²) in [6.07, 6.45) is 4.09. The molecule has 1 heterocycles. The lowest BCUT2D eigenvalue weighted by Gasteiger charge is -2.27. The van der Waals surface area contributed by atoms with Crippen LogP contribution in [0, 0.1) is 11.3 Å². The molecule has 1 N–H and O–H groups in total. The fourth-order valence-corrected chi connectivity index (χ4v) is 2.32. The summed E-state index contributed by atoms with van der Waals surface area (Å²) in [7, 11) is 0. The van der Waals surface area contributed by atoms with E-state index in [1.165, 1.54) is 0 Å². The average Bonchev–Trinajstić information content (AvgIpc) is 2.35. The van der Waals surface area contributed by atoms with Crippen molar-refractivity contribution in [3.05, 3.63) is 0 Å². The molecule has 0 spiro atoms. The van der Waals surface area contributed by atoms with Gasteiger partial charge in [0, 0.05) is 25.9 Å². The monoisotopic (exact) mass is 254 g/mol. The van der Waals surface area contributed by atoms with Gasteiger partial charge in [-0.15, -0.1) is 0 Å². The van der Waals surface area contributed by atoms with Crippen molar-refractivity contribution in [2.75, 3.05) is 19.8 Å². The predicted molar refractivity (Wildman–Crippen MR) is 71.3 cm³/mol. The maximum atomic E-state index is 9.21. The number of nitriles is 1. The Bertz CT molecular complexity index is 269. The zero-order valence-electron chi connectivity index (χ0n) is 11.9. The van der Waals surface area contributed by atoms with Crippen molar-refractivity contribution >= 4 is 0 Å². The summed E-state index contributed by atoms with van der Waals surface area (Å²) < 4.78 is 11.1. The molecule has 1 atom stereocenters. The molecule has 0 radical (unpaired) electrons. The van der Waals surface area contributed by atoms with Gasteiger partial charge < -0.3 is 9.47 Å². The Hall–Kier alpha value is -0.630. The molecule has 4 nitrogen and oxygen atoms in total. The molecule has 0 saturated carbocycles. The molecule has 4 heteroatoms. The Labute approximate surface area is 111 Å². The van der Waals surface area contributed by atoms with Gasteiger partial charge >= 0.3 is 0 Å². The minimum absolute atomic E-state index is 0.325. The first-order valence-corrected chi connectivity index (χ1v) is 6.94. The molecule has 1 fully saturated rings. The largest absolute Gasteiger partial charge is 0.381 e. The highest BCUT2D eigenvalue weighted by atomic mass is 16.5. The maximum absolute atomic E-state index is 9.21. The maximum Gasteiger partial charge on any atom is 0.104 e. The van der Waals surface area contributed by atoms with Gasteiger partial charge in [0.25, 0.3) is 0 Å². The van der Waals surface area contributed by atoms with Crippen LogP contribution in [0.25, 0.3) is 0 Å². The molecule has 104 valence electrons. The molecule has 1 aliphatic rings. The molecule has 1 aliphatic heterocycles. The van der Waals surface area contributed by atoms with Gasteiger partial charge in [-0.1, -0.05) is 0 Å². The van der Waals surface area contributed by atoms with E-state index in [4.69, 9.17) is 9.47 Å². The second-order valence-electron chi connectivity index (χ2n) is 5.53. The highest BCUT2D eigenvalue weighted by Gasteiger charge is 2.24. The number of hydrogen-bond donors (Lipinski definition) is 1. The average molecular weight is 254 g/mol. The fourth-order valence-electron chi connectivity index (χ4n) is 2.32. The quantitative estimate of drug-likeness (QED) is 0.708. The second-order valence-corrected chi connectivity index (χ2v) is 5.53. The molecule has 0 aromatic carbocycles. The van der Waals surface area contributed by atoms with Crippen molar-refractivity contribution in [3.8, 4) is 6.07 Å². The van der Waals surface area contributed by atoms with Gasteiger partial charge in [-0.3, -0.25) is 5.32 Å². The van der Waals surface area contributed by atoms with Gasteiger partial charge in [-0.25, -0.2) is 0 Å². The molecule has 0 aromatic rings. The zero-order chi connectivity index (χ0) is 13.4. The smallest absolute Gasteiger partial charge is 0.104 e. The highest BCUT2D eigenvalue weighted by Crippen LogP contribution is 2.15. The van der Waals surface area contributed by atoms with E-state index < -0.39 is 5.54 Å². The summed E-state index contributed by atoms with van der Waals surface area (Å²) in [5.41, 5.74) is -0.437. The Kier molecular flexibility index (Phi) is 6.62. The van der Waals surface area contributed by atoms with Crippen LogP contribution in [0.2, 0.25) is 0 Å². The van der Waals surface area contributed by atoms with E-state index in [0.717, 1.165) is 45.5 Å². The molecule has 1 rings (SSSR count). The van der Waals surface area contributed by atoms with E-state index in [-0.39, 0.29) is 0 Å². The predicted octanol–water partition coefficient (Wildman–Crippen LogP) is 2.24. The Morgan fingerprint density at radius 3 is 2.67 bits per heavy atom. The van der Waals surface area contributed by atoms with Crippen molar-refractivity contribution in [1.29, 1.82) is 5.26 Å². The van der Waals surface area contributed by atoms with Crippen LogP contribution < -0.4 is 5.32 Å². The lowest BCUT2D eigenvalue weighted by Crippen LogP contribution is -2.45. The first-order valence-electron chi connectivity index (χ1n) is 6.94. The van der Waals surface area contributed by atoms with Gasteiger partial charge in [0.1, 0.15) is 5.54 Å². The van der Waals surface area contributed by atoms with Crippen LogP contribution in [0.3, 0.4) is 0 Å². The van der Waals surface area contributed by atoms with Crippen LogP contribution in [-0.2, 0) is 9.47 Å².